The fourth-order valence-electron chi connectivity index (χ4n) is 2.08. The van der Waals surface area contributed by atoms with Crippen LogP contribution in [0, 0.1) is 0 Å². The SMILES string of the molecule is [2H]c1cc(-c2c([2H])c([2H])c([2H])c([2H])c2[2H])c([2H])c([2H])c1-c1nc(B(O)O)nc(-c2c([2H])c([2H])c([2H])c([2H])c2[2H])n1. The second-order valence-corrected chi connectivity index (χ2v) is 5.04. The fourth-order valence-corrected chi connectivity index (χ4v) is 2.08. The van der Waals surface area contributed by atoms with Gasteiger partial charge in [0.2, 0.25) is 0 Å². The minimum absolute atomic E-state index is 0.321. The highest BCUT2D eigenvalue weighted by atomic mass is 16.4. The van der Waals surface area contributed by atoms with Crippen LogP contribution in [0.15, 0.2) is 84.6 Å². The van der Waals surface area contributed by atoms with Crippen LogP contribution in [0.1, 0.15) is 17.8 Å². The maximum atomic E-state index is 9.76. The van der Waals surface area contributed by atoms with Crippen LogP contribution in [-0.4, -0.2) is 32.1 Å². The number of rotatable bonds is 4. The second kappa shape index (κ2) is 7.49. The normalized spacial score (nSPS) is 17.3. The maximum absolute atomic E-state index is 9.76. The lowest BCUT2D eigenvalue weighted by molar-refractivity contribution is 0.422. The van der Waals surface area contributed by atoms with Crippen molar-refractivity contribution < 1.29 is 27.9 Å². The molecule has 0 saturated carbocycles. The molecular formula is C21H16BN3O2. The molecule has 1 heterocycles. The average molecular weight is 366 g/mol. The van der Waals surface area contributed by atoms with Gasteiger partial charge in [0.1, 0.15) is 0 Å². The van der Waals surface area contributed by atoms with Crippen LogP contribution < -0.4 is 5.72 Å². The third kappa shape index (κ3) is 3.77. The lowest BCUT2D eigenvalue weighted by atomic mass is 9.90. The molecule has 1 aromatic heterocycles. The van der Waals surface area contributed by atoms with Gasteiger partial charge in [-0.3, -0.25) is 0 Å². The summed E-state index contributed by atoms with van der Waals surface area (Å²) in [5.41, 5.74) is -2.45. The Kier molecular flexibility index (Phi) is 2.14. The summed E-state index contributed by atoms with van der Waals surface area (Å²) < 4.78 is 105. The van der Waals surface area contributed by atoms with E-state index in [4.69, 9.17) is 17.8 Å². The van der Waals surface area contributed by atoms with Crippen molar-refractivity contribution in [3.8, 4) is 33.9 Å². The molecule has 4 aromatic rings. The lowest BCUT2D eigenvalue weighted by Crippen LogP contribution is -2.36. The van der Waals surface area contributed by atoms with Crippen molar-refractivity contribution >= 4 is 12.8 Å². The maximum Gasteiger partial charge on any atom is 0.528 e. The quantitative estimate of drug-likeness (QED) is 0.543. The number of nitrogens with zero attached hydrogens (tertiary/aromatic N) is 3. The van der Waals surface area contributed by atoms with Crippen molar-refractivity contribution in [2.24, 2.45) is 0 Å². The summed E-state index contributed by atoms with van der Waals surface area (Å²) in [6.45, 7) is 0. The largest absolute Gasteiger partial charge is 0.528 e. The minimum Gasteiger partial charge on any atom is -0.421 e. The third-order valence-corrected chi connectivity index (χ3v) is 3.28. The Hall–Kier alpha value is -3.35. The van der Waals surface area contributed by atoms with Gasteiger partial charge in [0.25, 0.3) is 0 Å². The topological polar surface area (TPSA) is 79.1 Å². The highest BCUT2D eigenvalue weighted by Gasteiger charge is 2.19. The molecule has 4 rings (SSSR count). The molecule has 130 valence electrons. The third-order valence-electron chi connectivity index (χ3n) is 3.28. The van der Waals surface area contributed by atoms with Crippen LogP contribution in [-0.2, 0) is 0 Å². The summed E-state index contributed by atoms with van der Waals surface area (Å²) in [5, 5.41) is 19.5. The van der Waals surface area contributed by atoms with Crippen LogP contribution in [0.25, 0.3) is 33.9 Å². The molecule has 0 amide bonds. The predicted molar refractivity (Wildman–Crippen MR) is 106 cm³/mol. The van der Waals surface area contributed by atoms with Gasteiger partial charge in [-0.25, -0.2) is 15.0 Å². The molecule has 0 aliphatic rings. The molecule has 0 radical (unpaired) electrons. The van der Waals surface area contributed by atoms with Crippen molar-refractivity contribution in [1.29, 1.82) is 0 Å². The van der Waals surface area contributed by atoms with Crippen molar-refractivity contribution in [2.45, 2.75) is 0 Å². The minimum atomic E-state index is -2.34. The van der Waals surface area contributed by atoms with Gasteiger partial charge in [0.15, 0.2) is 17.4 Å². The zero-order valence-electron chi connectivity index (χ0n) is 26.4. The zero-order valence-corrected chi connectivity index (χ0v) is 13.4. The summed E-state index contributed by atoms with van der Waals surface area (Å²) in [5.74, 6) is -1.17. The van der Waals surface area contributed by atoms with E-state index in [1.807, 2.05) is 0 Å². The standard InChI is InChI=1S/C21H16BN3O2/c26-22(27)21-24-19(17-9-5-2-6-10-17)23-20(25-21)18-13-11-16(12-14-18)15-7-3-1-4-8-15/h1-14,26-27H/i1D,2D,3D,4D,5D,6D,7D,8D,9D,10D,11D,13D,14D. The molecule has 0 saturated heterocycles. The first-order chi connectivity index (χ1) is 18.6. The van der Waals surface area contributed by atoms with Gasteiger partial charge in [-0.1, -0.05) is 84.6 Å². The van der Waals surface area contributed by atoms with Gasteiger partial charge in [-0.15, -0.1) is 0 Å². The number of benzene rings is 3. The molecule has 0 spiro atoms. The first-order valence-electron chi connectivity index (χ1n) is 14.0. The van der Waals surface area contributed by atoms with E-state index >= 15 is 0 Å². The van der Waals surface area contributed by atoms with Crippen LogP contribution in [0.5, 0.6) is 0 Å². The number of hydrogen-bond donors (Lipinski definition) is 2. The van der Waals surface area contributed by atoms with Gasteiger partial charge in [0, 0.05) is 11.1 Å². The Balaban J connectivity index is 2.04. The van der Waals surface area contributed by atoms with Crippen molar-refractivity contribution in [3.63, 3.8) is 0 Å². The molecule has 5 nitrogen and oxygen atoms in total. The second-order valence-electron chi connectivity index (χ2n) is 5.04. The van der Waals surface area contributed by atoms with E-state index < -0.39 is 120 Å². The number of aromatic nitrogens is 3. The van der Waals surface area contributed by atoms with Gasteiger partial charge >= 0.3 is 7.12 Å². The van der Waals surface area contributed by atoms with Gasteiger partial charge in [-0.05, 0) is 11.1 Å². The molecule has 0 aliphatic heterocycles. The molecule has 0 unspecified atom stereocenters. The summed E-state index contributed by atoms with van der Waals surface area (Å²) in [4.78, 5) is 11.7. The predicted octanol–water partition coefficient (Wildman–Crippen LogP) is 2.55. The molecule has 0 bridgehead atoms. The summed E-state index contributed by atoms with van der Waals surface area (Å²) in [7, 11) is -2.34. The Bertz CT molecular complexity index is 1680. The van der Waals surface area contributed by atoms with E-state index in [2.05, 4.69) is 15.0 Å². The van der Waals surface area contributed by atoms with Gasteiger partial charge < -0.3 is 10.0 Å². The number of hydrogen-bond acceptors (Lipinski definition) is 5. The average Bonchev–Trinajstić information content (AvgIpc) is 2.91. The van der Waals surface area contributed by atoms with Crippen LogP contribution in [0.2, 0.25) is 0 Å². The van der Waals surface area contributed by atoms with Crippen LogP contribution in [0.4, 0.5) is 0 Å². The summed E-state index contributed by atoms with van der Waals surface area (Å²) >= 11 is 0. The van der Waals surface area contributed by atoms with E-state index in [0.717, 1.165) is 6.07 Å². The molecule has 0 atom stereocenters. The van der Waals surface area contributed by atoms with Crippen molar-refractivity contribution in [2.75, 3.05) is 0 Å². The van der Waals surface area contributed by atoms with Gasteiger partial charge in [0.05, 0.1) is 17.8 Å². The molecule has 27 heavy (non-hydrogen) atoms. The van der Waals surface area contributed by atoms with Crippen molar-refractivity contribution in [3.05, 3.63) is 84.6 Å². The van der Waals surface area contributed by atoms with E-state index in [1.165, 1.54) is 0 Å². The Morgan fingerprint density at radius 1 is 0.593 bits per heavy atom. The zero-order chi connectivity index (χ0) is 30.0. The van der Waals surface area contributed by atoms with E-state index in [1.54, 1.807) is 0 Å². The highest BCUT2D eigenvalue weighted by Crippen LogP contribution is 2.23. The highest BCUT2D eigenvalue weighted by molar-refractivity contribution is 6.56. The molecule has 0 aliphatic carbocycles. The smallest absolute Gasteiger partial charge is 0.421 e. The fraction of sp³-hybridized carbons (Fsp3) is 0. The Morgan fingerprint density at radius 2 is 1.11 bits per heavy atom. The summed E-state index contributed by atoms with van der Waals surface area (Å²) in [6.07, 6.45) is 0. The van der Waals surface area contributed by atoms with Crippen LogP contribution >= 0.6 is 0 Å². The van der Waals surface area contributed by atoms with E-state index in [-0.39, 0.29) is 5.56 Å². The molecule has 0 fully saturated rings. The summed E-state index contributed by atoms with van der Waals surface area (Å²) in [6, 6.07) is -7.88. The molecule has 3 aromatic carbocycles. The van der Waals surface area contributed by atoms with E-state index in [0.29, 0.717) is 0 Å². The monoisotopic (exact) mass is 366 g/mol. The Morgan fingerprint density at radius 3 is 1.70 bits per heavy atom. The van der Waals surface area contributed by atoms with Gasteiger partial charge in [-0.2, -0.15) is 0 Å². The van der Waals surface area contributed by atoms with Crippen molar-refractivity contribution in [1.82, 2.24) is 15.0 Å². The Labute approximate surface area is 175 Å². The molecular weight excluding hydrogens is 337 g/mol. The van der Waals surface area contributed by atoms with E-state index in [9.17, 15) is 10.0 Å². The first kappa shape index (κ1) is 7.72. The van der Waals surface area contributed by atoms with Crippen LogP contribution in [0.3, 0.4) is 0 Å². The molecule has 2 N–H and O–H groups in total. The lowest BCUT2D eigenvalue weighted by Gasteiger charge is -2.08. The first-order valence-corrected chi connectivity index (χ1v) is 7.47. The molecule has 6 heteroatoms.